The molecule has 2 bridgehead atoms. The van der Waals surface area contributed by atoms with Gasteiger partial charge in [0.1, 0.15) is 11.3 Å². The van der Waals surface area contributed by atoms with Crippen molar-refractivity contribution >= 4 is 23.2 Å². The van der Waals surface area contributed by atoms with E-state index in [2.05, 4.69) is 10.3 Å². The second kappa shape index (κ2) is 5.79. The third kappa shape index (κ3) is 2.75. The van der Waals surface area contributed by atoms with Crippen LogP contribution in [0.25, 0.3) is 11.0 Å². The second-order valence-corrected chi connectivity index (χ2v) is 6.95. The highest BCUT2D eigenvalue weighted by molar-refractivity contribution is 5.87. The van der Waals surface area contributed by atoms with E-state index < -0.39 is 11.6 Å². The lowest BCUT2D eigenvalue weighted by Crippen LogP contribution is -2.30. The van der Waals surface area contributed by atoms with Crippen molar-refractivity contribution in [2.24, 2.45) is 5.92 Å². The van der Waals surface area contributed by atoms with Gasteiger partial charge in [0.15, 0.2) is 6.29 Å². The van der Waals surface area contributed by atoms with Gasteiger partial charge in [0.05, 0.1) is 23.3 Å². The van der Waals surface area contributed by atoms with Gasteiger partial charge < -0.3 is 9.88 Å². The van der Waals surface area contributed by atoms with E-state index in [0.717, 1.165) is 23.7 Å². The first-order valence-electron chi connectivity index (χ1n) is 8.64. The molecular weight excluding hydrogens is 321 g/mol. The van der Waals surface area contributed by atoms with Crippen molar-refractivity contribution in [2.45, 2.75) is 44.4 Å². The van der Waals surface area contributed by atoms with Crippen LogP contribution in [0.5, 0.6) is 0 Å². The molecule has 25 heavy (non-hydrogen) atoms. The van der Waals surface area contributed by atoms with Crippen molar-refractivity contribution in [3.05, 3.63) is 41.7 Å². The summed E-state index contributed by atoms with van der Waals surface area (Å²) in [6, 6.07) is 5.25. The lowest BCUT2D eigenvalue weighted by Gasteiger charge is -2.15. The maximum absolute atomic E-state index is 14.5. The molecule has 0 unspecified atom stereocenters. The standard InChI is InChI=1S/C19H20FN3O2/c1-12-16-6-5-13-9-14(11-24)23(17(13)22-16)8-4-2-3-7-19(20)10-15(19)18(25)21-12/h3,5-7,9,11-12,15H,2,4,8,10H2,1H3,(H,21,25)/b7-3-/t12-,15+,19+/m1/s1. The van der Waals surface area contributed by atoms with Gasteiger partial charge in [0, 0.05) is 18.4 Å². The molecule has 5 nitrogen and oxygen atoms in total. The minimum atomic E-state index is -1.52. The molecule has 6 heteroatoms. The number of hydrogen-bond donors (Lipinski definition) is 1. The highest BCUT2D eigenvalue weighted by atomic mass is 19.1. The van der Waals surface area contributed by atoms with Gasteiger partial charge in [-0.1, -0.05) is 12.2 Å². The number of allylic oxidation sites excluding steroid dienone is 2. The number of alkyl halides is 1. The van der Waals surface area contributed by atoms with Gasteiger partial charge >= 0.3 is 0 Å². The summed E-state index contributed by atoms with van der Waals surface area (Å²) >= 11 is 0. The van der Waals surface area contributed by atoms with Crippen molar-refractivity contribution in [3.63, 3.8) is 0 Å². The zero-order valence-electron chi connectivity index (χ0n) is 14.0. The Balaban J connectivity index is 1.75. The molecular formula is C19H20FN3O2. The van der Waals surface area contributed by atoms with E-state index in [-0.39, 0.29) is 18.4 Å². The molecule has 4 rings (SSSR count). The minimum absolute atomic E-state index is 0.240. The van der Waals surface area contributed by atoms with Gasteiger partial charge in [0.2, 0.25) is 5.91 Å². The van der Waals surface area contributed by atoms with E-state index in [0.29, 0.717) is 24.4 Å². The van der Waals surface area contributed by atoms with E-state index in [1.54, 1.807) is 6.08 Å². The first-order chi connectivity index (χ1) is 12.0. The van der Waals surface area contributed by atoms with Crippen molar-refractivity contribution < 1.29 is 14.0 Å². The number of fused-ring (bicyclic) bond motifs is 2. The zero-order chi connectivity index (χ0) is 17.6. The molecule has 1 aliphatic heterocycles. The highest BCUT2D eigenvalue weighted by Gasteiger charge is 2.58. The van der Waals surface area contributed by atoms with Crippen LogP contribution < -0.4 is 5.32 Å². The lowest BCUT2D eigenvalue weighted by atomic mass is 10.1. The number of amides is 1. The number of pyridine rings is 1. The van der Waals surface area contributed by atoms with Gasteiger partial charge in [-0.25, -0.2) is 9.37 Å². The maximum atomic E-state index is 14.5. The second-order valence-electron chi connectivity index (χ2n) is 6.95. The predicted molar refractivity (Wildman–Crippen MR) is 92.0 cm³/mol. The number of aromatic nitrogens is 2. The van der Waals surface area contributed by atoms with E-state index in [1.807, 2.05) is 29.7 Å². The number of aryl methyl sites for hydroxylation is 1. The van der Waals surface area contributed by atoms with E-state index in [9.17, 15) is 14.0 Å². The van der Waals surface area contributed by atoms with Crippen LogP contribution in [-0.4, -0.2) is 27.4 Å². The molecule has 1 saturated carbocycles. The van der Waals surface area contributed by atoms with Gasteiger partial charge in [-0.2, -0.15) is 0 Å². The SMILES string of the molecule is C[C@H]1NC(=O)[C@@H]2C[C@@]2(F)/C=C\CCCn2c(C=O)cc3ccc1nc32. The molecule has 2 aromatic heterocycles. The summed E-state index contributed by atoms with van der Waals surface area (Å²) in [4.78, 5) is 28.3. The summed E-state index contributed by atoms with van der Waals surface area (Å²) < 4.78 is 16.4. The third-order valence-electron chi connectivity index (χ3n) is 5.12. The number of hydrogen-bond acceptors (Lipinski definition) is 3. The lowest BCUT2D eigenvalue weighted by molar-refractivity contribution is -0.123. The molecule has 2 aliphatic rings. The molecule has 0 aromatic carbocycles. The molecule has 0 spiro atoms. The smallest absolute Gasteiger partial charge is 0.227 e. The fourth-order valence-corrected chi connectivity index (χ4v) is 3.52. The molecule has 0 saturated heterocycles. The van der Waals surface area contributed by atoms with Gasteiger partial charge in [0.25, 0.3) is 0 Å². The Morgan fingerprint density at radius 3 is 3.08 bits per heavy atom. The minimum Gasteiger partial charge on any atom is -0.348 e. The Kier molecular flexibility index (Phi) is 3.71. The molecule has 1 fully saturated rings. The van der Waals surface area contributed by atoms with Gasteiger partial charge in [-0.05, 0) is 38.0 Å². The van der Waals surface area contributed by atoms with Crippen LogP contribution in [0.1, 0.15) is 48.4 Å². The summed E-state index contributed by atoms with van der Waals surface area (Å²) in [5, 5.41) is 3.76. The zero-order valence-corrected chi connectivity index (χ0v) is 14.0. The van der Waals surface area contributed by atoms with Crippen molar-refractivity contribution in [1.82, 2.24) is 14.9 Å². The van der Waals surface area contributed by atoms with Crippen molar-refractivity contribution in [2.75, 3.05) is 0 Å². The van der Waals surface area contributed by atoms with Crippen LogP contribution in [0.3, 0.4) is 0 Å². The van der Waals surface area contributed by atoms with Gasteiger partial charge in [-0.3, -0.25) is 9.59 Å². The molecule has 1 aliphatic carbocycles. The Morgan fingerprint density at radius 1 is 1.44 bits per heavy atom. The van der Waals surface area contributed by atoms with E-state index >= 15 is 0 Å². The molecule has 1 N–H and O–H groups in total. The third-order valence-corrected chi connectivity index (χ3v) is 5.12. The molecule has 1 amide bonds. The molecule has 130 valence electrons. The Bertz CT molecular complexity index is 888. The molecule has 2 aromatic rings. The van der Waals surface area contributed by atoms with Crippen LogP contribution in [0.4, 0.5) is 4.39 Å². The Morgan fingerprint density at radius 2 is 2.28 bits per heavy atom. The number of carbonyl (C=O) groups excluding carboxylic acids is 2. The predicted octanol–water partition coefficient (Wildman–Crippen LogP) is 3.10. The quantitative estimate of drug-likeness (QED) is 0.640. The van der Waals surface area contributed by atoms with Crippen LogP contribution in [0.15, 0.2) is 30.4 Å². The van der Waals surface area contributed by atoms with Crippen LogP contribution in [0, 0.1) is 5.92 Å². The fraction of sp³-hybridized carbons (Fsp3) is 0.421. The summed E-state index contributed by atoms with van der Waals surface area (Å²) in [5.74, 6) is -0.883. The summed E-state index contributed by atoms with van der Waals surface area (Å²) in [6.07, 6.45) is 5.86. The van der Waals surface area contributed by atoms with Gasteiger partial charge in [-0.15, -0.1) is 0 Å². The normalized spacial score (nSPS) is 30.4. The maximum Gasteiger partial charge on any atom is 0.227 e. The topological polar surface area (TPSA) is 64.0 Å². The number of nitrogens with zero attached hydrogens (tertiary/aromatic N) is 2. The summed E-state index contributed by atoms with van der Waals surface area (Å²) in [5.41, 5.74) is 0.512. The number of halogens is 1. The average molecular weight is 341 g/mol. The molecule has 0 radical (unpaired) electrons. The summed E-state index contributed by atoms with van der Waals surface area (Å²) in [6.45, 7) is 2.48. The first-order valence-corrected chi connectivity index (χ1v) is 8.64. The number of aldehydes is 1. The number of rotatable bonds is 1. The highest BCUT2D eigenvalue weighted by Crippen LogP contribution is 2.49. The van der Waals surface area contributed by atoms with E-state index in [1.165, 1.54) is 6.08 Å². The molecule has 3 atom stereocenters. The number of carbonyl (C=O) groups is 2. The van der Waals surface area contributed by atoms with E-state index in [4.69, 9.17) is 0 Å². The van der Waals surface area contributed by atoms with Crippen LogP contribution in [0.2, 0.25) is 0 Å². The summed E-state index contributed by atoms with van der Waals surface area (Å²) in [7, 11) is 0. The average Bonchev–Trinajstić information content (AvgIpc) is 3.15. The van der Waals surface area contributed by atoms with Crippen LogP contribution >= 0.6 is 0 Å². The fourth-order valence-electron chi connectivity index (χ4n) is 3.52. The largest absolute Gasteiger partial charge is 0.348 e. The van der Waals surface area contributed by atoms with Crippen molar-refractivity contribution in [3.8, 4) is 0 Å². The van der Waals surface area contributed by atoms with Crippen LogP contribution in [-0.2, 0) is 11.3 Å². The van der Waals surface area contributed by atoms with Crippen molar-refractivity contribution in [1.29, 1.82) is 0 Å². The number of nitrogens with one attached hydrogen (secondary N) is 1. The first kappa shape index (κ1) is 16.0. The molecule has 3 heterocycles. The Hall–Kier alpha value is -2.50. The Labute approximate surface area is 144 Å². The monoisotopic (exact) mass is 341 g/mol.